The molecule has 7 nitrogen and oxygen atoms in total. The highest BCUT2D eigenvalue weighted by atomic mass is 16.5. The summed E-state index contributed by atoms with van der Waals surface area (Å²) in [6, 6.07) is 13.4. The van der Waals surface area contributed by atoms with Crippen LogP contribution in [0, 0.1) is 13.8 Å². The van der Waals surface area contributed by atoms with Crippen LogP contribution in [-0.2, 0) is 6.54 Å². The molecule has 0 unspecified atom stereocenters. The van der Waals surface area contributed by atoms with Crippen molar-refractivity contribution in [1.82, 2.24) is 25.2 Å². The molecule has 3 aromatic heterocycles. The molecule has 0 aliphatic heterocycles. The number of hydrogen-bond acceptors (Lipinski definition) is 5. The number of benzene rings is 1. The summed E-state index contributed by atoms with van der Waals surface area (Å²) in [5.74, 6) is 0.478. The lowest BCUT2D eigenvalue weighted by Gasteiger charge is -2.05. The third-order valence-electron chi connectivity index (χ3n) is 4.52. The second-order valence-electron chi connectivity index (χ2n) is 6.40. The molecule has 1 amide bonds. The Labute approximate surface area is 162 Å². The van der Waals surface area contributed by atoms with Crippen molar-refractivity contribution < 1.29 is 9.32 Å². The Morgan fingerprint density at radius 3 is 2.64 bits per heavy atom. The number of nitrogens with zero attached hydrogens (tertiary/aromatic N) is 4. The van der Waals surface area contributed by atoms with Crippen LogP contribution in [0.15, 0.2) is 65.6 Å². The Hall–Kier alpha value is -3.74. The molecular formula is C21H19N5O2. The van der Waals surface area contributed by atoms with Crippen LogP contribution in [0.25, 0.3) is 16.9 Å². The average molecular weight is 373 g/mol. The van der Waals surface area contributed by atoms with Crippen LogP contribution in [0.4, 0.5) is 0 Å². The molecule has 3 heterocycles. The minimum atomic E-state index is -0.221. The van der Waals surface area contributed by atoms with Gasteiger partial charge < -0.3 is 9.84 Å². The Morgan fingerprint density at radius 2 is 1.96 bits per heavy atom. The SMILES string of the molecule is Cc1noc(C)c1CNC(=O)c1cn(-c2ccccc2)nc1-c1cccnc1. The molecule has 1 N–H and O–H groups in total. The molecule has 140 valence electrons. The van der Waals surface area contributed by atoms with Gasteiger partial charge in [0, 0.05) is 36.3 Å². The summed E-state index contributed by atoms with van der Waals surface area (Å²) >= 11 is 0. The minimum absolute atomic E-state index is 0.221. The van der Waals surface area contributed by atoms with Gasteiger partial charge in [-0.25, -0.2) is 4.68 Å². The minimum Gasteiger partial charge on any atom is -0.361 e. The molecule has 7 heteroatoms. The quantitative estimate of drug-likeness (QED) is 0.579. The molecule has 0 atom stereocenters. The predicted octanol–water partition coefficient (Wildman–Crippen LogP) is 3.47. The molecule has 0 fully saturated rings. The van der Waals surface area contributed by atoms with E-state index in [0.717, 1.165) is 22.5 Å². The van der Waals surface area contributed by atoms with Crippen LogP contribution in [0.3, 0.4) is 0 Å². The molecule has 1 aromatic carbocycles. The highest BCUT2D eigenvalue weighted by Crippen LogP contribution is 2.23. The fraction of sp³-hybridized carbons (Fsp3) is 0.143. The normalized spacial score (nSPS) is 10.8. The van der Waals surface area contributed by atoms with Crippen molar-refractivity contribution in [3.05, 3.63) is 83.6 Å². The van der Waals surface area contributed by atoms with Crippen LogP contribution >= 0.6 is 0 Å². The summed E-state index contributed by atoms with van der Waals surface area (Å²) in [5, 5.41) is 11.5. The van der Waals surface area contributed by atoms with E-state index < -0.39 is 0 Å². The number of pyridine rings is 1. The second kappa shape index (κ2) is 7.48. The topological polar surface area (TPSA) is 85.8 Å². The molecular weight excluding hydrogens is 354 g/mol. The first kappa shape index (κ1) is 17.7. The molecule has 0 aliphatic rings. The van der Waals surface area contributed by atoms with Crippen molar-refractivity contribution >= 4 is 5.91 Å². The van der Waals surface area contributed by atoms with Crippen LogP contribution in [0.5, 0.6) is 0 Å². The number of para-hydroxylation sites is 1. The van der Waals surface area contributed by atoms with Gasteiger partial charge in [-0.3, -0.25) is 9.78 Å². The van der Waals surface area contributed by atoms with E-state index in [2.05, 4.69) is 20.6 Å². The van der Waals surface area contributed by atoms with Crippen LogP contribution in [0.1, 0.15) is 27.4 Å². The standard InChI is InChI=1S/C21H19N5O2/c1-14-18(15(2)28-25-14)12-23-21(27)19-13-26(17-8-4-3-5-9-17)24-20(19)16-7-6-10-22-11-16/h3-11,13H,12H2,1-2H3,(H,23,27). The summed E-state index contributed by atoms with van der Waals surface area (Å²) in [4.78, 5) is 17.1. The summed E-state index contributed by atoms with van der Waals surface area (Å²) in [7, 11) is 0. The van der Waals surface area contributed by atoms with Crippen molar-refractivity contribution in [2.75, 3.05) is 0 Å². The first-order valence-corrected chi connectivity index (χ1v) is 8.89. The number of carbonyl (C=O) groups excluding carboxylic acids is 1. The van der Waals surface area contributed by atoms with Gasteiger partial charge >= 0.3 is 0 Å². The van der Waals surface area contributed by atoms with E-state index in [1.165, 1.54) is 0 Å². The number of aromatic nitrogens is 4. The van der Waals surface area contributed by atoms with Gasteiger partial charge in [0.15, 0.2) is 0 Å². The van der Waals surface area contributed by atoms with E-state index in [0.29, 0.717) is 23.6 Å². The van der Waals surface area contributed by atoms with E-state index in [1.807, 2.05) is 56.3 Å². The zero-order valence-corrected chi connectivity index (χ0v) is 15.6. The van der Waals surface area contributed by atoms with Crippen molar-refractivity contribution in [3.8, 4) is 16.9 Å². The van der Waals surface area contributed by atoms with Crippen LogP contribution in [0.2, 0.25) is 0 Å². The molecule has 4 rings (SSSR count). The van der Waals surface area contributed by atoms with Crippen molar-refractivity contribution in [3.63, 3.8) is 0 Å². The predicted molar refractivity (Wildman–Crippen MR) is 104 cm³/mol. The number of aryl methyl sites for hydroxylation is 2. The Bertz CT molecular complexity index is 1080. The number of amides is 1. The third kappa shape index (κ3) is 3.42. The average Bonchev–Trinajstić information content (AvgIpc) is 3.32. The van der Waals surface area contributed by atoms with Gasteiger partial charge in [-0.1, -0.05) is 23.4 Å². The van der Waals surface area contributed by atoms with E-state index in [1.54, 1.807) is 23.3 Å². The van der Waals surface area contributed by atoms with Gasteiger partial charge in [0.25, 0.3) is 5.91 Å². The lowest BCUT2D eigenvalue weighted by Crippen LogP contribution is -2.23. The smallest absolute Gasteiger partial charge is 0.255 e. The molecule has 0 spiro atoms. The first-order chi connectivity index (χ1) is 13.6. The molecule has 0 aliphatic carbocycles. The zero-order chi connectivity index (χ0) is 19.5. The molecule has 28 heavy (non-hydrogen) atoms. The summed E-state index contributed by atoms with van der Waals surface area (Å²) in [6.45, 7) is 4.02. The largest absolute Gasteiger partial charge is 0.361 e. The summed E-state index contributed by atoms with van der Waals surface area (Å²) < 4.78 is 6.86. The van der Waals surface area contributed by atoms with Crippen LogP contribution < -0.4 is 5.32 Å². The number of nitrogens with one attached hydrogen (secondary N) is 1. The number of carbonyl (C=O) groups is 1. The second-order valence-corrected chi connectivity index (χ2v) is 6.40. The maximum Gasteiger partial charge on any atom is 0.255 e. The van der Waals surface area contributed by atoms with E-state index in [9.17, 15) is 4.79 Å². The number of hydrogen-bond donors (Lipinski definition) is 1. The lowest BCUT2D eigenvalue weighted by molar-refractivity contribution is 0.0951. The molecule has 0 radical (unpaired) electrons. The maximum absolute atomic E-state index is 13.0. The maximum atomic E-state index is 13.0. The molecule has 0 bridgehead atoms. The lowest BCUT2D eigenvalue weighted by atomic mass is 10.1. The van der Waals surface area contributed by atoms with Crippen molar-refractivity contribution in [2.45, 2.75) is 20.4 Å². The van der Waals surface area contributed by atoms with Gasteiger partial charge in [0.1, 0.15) is 11.5 Å². The summed E-state index contributed by atoms with van der Waals surface area (Å²) in [5.41, 5.74) is 4.35. The highest BCUT2D eigenvalue weighted by molar-refractivity contribution is 5.99. The van der Waals surface area contributed by atoms with Crippen molar-refractivity contribution in [2.24, 2.45) is 0 Å². The van der Waals surface area contributed by atoms with Gasteiger partial charge in [0.2, 0.25) is 0 Å². The van der Waals surface area contributed by atoms with E-state index in [4.69, 9.17) is 4.52 Å². The molecule has 4 aromatic rings. The van der Waals surface area contributed by atoms with Crippen molar-refractivity contribution in [1.29, 1.82) is 0 Å². The first-order valence-electron chi connectivity index (χ1n) is 8.89. The van der Waals surface area contributed by atoms with Gasteiger partial charge in [-0.05, 0) is 38.1 Å². The molecule has 0 saturated heterocycles. The Balaban J connectivity index is 1.68. The van der Waals surface area contributed by atoms with Gasteiger partial charge in [0.05, 0.1) is 16.9 Å². The zero-order valence-electron chi connectivity index (χ0n) is 15.6. The Kier molecular flexibility index (Phi) is 4.72. The van der Waals surface area contributed by atoms with E-state index in [-0.39, 0.29) is 5.91 Å². The monoisotopic (exact) mass is 373 g/mol. The Morgan fingerprint density at radius 1 is 1.14 bits per heavy atom. The van der Waals surface area contributed by atoms with Gasteiger partial charge in [-0.2, -0.15) is 5.10 Å². The third-order valence-corrected chi connectivity index (χ3v) is 4.52. The van der Waals surface area contributed by atoms with E-state index >= 15 is 0 Å². The van der Waals surface area contributed by atoms with Crippen LogP contribution in [-0.4, -0.2) is 25.8 Å². The number of rotatable bonds is 5. The fourth-order valence-electron chi connectivity index (χ4n) is 2.99. The van der Waals surface area contributed by atoms with Gasteiger partial charge in [-0.15, -0.1) is 0 Å². The molecule has 0 saturated carbocycles. The fourth-order valence-corrected chi connectivity index (χ4v) is 2.99. The summed E-state index contributed by atoms with van der Waals surface area (Å²) in [6.07, 6.45) is 5.12. The highest BCUT2D eigenvalue weighted by Gasteiger charge is 2.19.